The Hall–Kier alpha value is -1.84. The molecule has 0 aliphatic heterocycles. The monoisotopic (exact) mass is 218 g/mol. The second-order valence-electron chi connectivity index (χ2n) is 3.71. The Bertz CT molecular complexity index is 497. The van der Waals surface area contributed by atoms with Gasteiger partial charge in [-0.25, -0.2) is 0 Å². The van der Waals surface area contributed by atoms with Crippen LogP contribution in [0.15, 0.2) is 22.7 Å². The molecule has 0 atom stereocenters. The molecule has 0 spiro atoms. The van der Waals surface area contributed by atoms with Gasteiger partial charge in [-0.15, -0.1) is 0 Å². The number of hydrogen-bond donors (Lipinski definition) is 0. The fraction of sp³-hybridized carbons (Fsp3) is 0.333. The molecule has 0 aromatic carbocycles. The molecule has 2 rings (SSSR count). The zero-order valence-corrected chi connectivity index (χ0v) is 9.43. The second kappa shape index (κ2) is 4.35. The minimum Gasteiger partial charge on any atom is -0.459 e. The molecule has 0 N–H and O–H groups in total. The van der Waals surface area contributed by atoms with Crippen molar-refractivity contribution < 1.29 is 9.21 Å². The summed E-state index contributed by atoms with van der Waals surface area (Å²) in [7, 11) is 1.83. The number of carbonyl (C=O) groups excluding carboxylic acids is 1. The molecular formula is C12H14N2O2. The van der Waals surface area contributed by atoms with Crippen molar-refractivity contribution in [3.05, 3.63) is 29.7 Å². The van der Waals surface area contributed by atoms with Crippen molar-refractivity contribution >= 4 is 6.29 Å². The number of aldehydes is 1. The normalized spacial score (nSPS) is 10.6. The molecule has 0 unspecified atom stereocenters. The Morgan fingerprint density at radius 2 is 2.38 bits per heavy atom. The molecule has 0 aliphatic rings. The van der Waals surface area contributed by atoms with Gasteiger partial charge in [0, 0.05) is 19.7 Å². The van der Waals surface area contributed by atoms with Gasteiger partial charge >= 0.3 is 0 Å². The standard InChI is InChI=1S/C12H14N2O2/c1-3-4-10-7-9(8-15)12(16-10)11-5-6-13-14(11)2/h5-8H,3-4H2,1-2H3. The van der Waals surface area contributed by atoms with Crippen LogP contribution in [-0.2, 0) is 13.5 Å². The smallest absolute Gasteiger partial charge is 0.162 e. The van der Waals surface area contributed by atoms with E-state index in [0.717, 1.165) is 30.6 Å². The number of aryl methyl sites for hydroxylation is 2. The highest BCUT2D eigenvalue weighted by molar-refractivity contribution is 5.84. The number of hydrogen-bond acceptors (Lipinski definition) is 3. The van der Waals surface area contributed by atoms with E-state index in [0.29, 0.717) is 11.3 Å². The Kier molecular flexibility index (Phi) is 2.90. The molecule has 16 heavy (non-hydrogen) atoms. The van der Waals surface area contributed by atoms with Gasteiger partial charge < -0.3 is 4.42 Å². The first-order valence-electron chi connectivity index (χ1n) is 5.32. The minimum absolute atomic E-state index is 0.590. The zero-order chi connectivity index (χ0) is 11.5. The van der Waals surface area contributed by atoms with E-state index < -0.39 is 0 Å². The molecule has 2 aromatic heterocycles. The lowest BCUT2D eigenvalue weighted by atomic mass is 10.2. The Labute approximate surface area is 93.9 Å². The van der Waals surface area contributed by atoms with Gasteiger partial charge in [0.05, 0.1) is 5.56 Å². The van der Waals surface area contributed by atoms with Gasteiger partial charge in [0.1, 0.15) is 11.5 Å². The summed E-state index contributed by atoms with van der Waals surface area (Å²) in [5.41, 5.74) is 1.41. The van der Waals surface area contributed by atoms with Gasteiger partial charge in [-0.2, -0.15) is 5.10 Å². The first kappa shape index (κ1) is 10.7. The summed E-state index contributed by atoms with van der Waals surface area (Å²) in [6.45, 7) is 2.08. The molecule has 84 valence electrons. The summed E-state index contributed by atoms with van der Waals surface area (Å²) >= 11 is 0. The van der Waals surface area contributed by atoms with Crippen LogP contribution in [0.3, 0.4) is 0 Å². The quantitative estimate of drug-likeness (QED) is 0.740. The molecule has 0 amide bonds. The minimum atomic E-state index is 0.590. The first-order valence-corrected chi connectivity index (χ1v) is 5.32. The molecule has 0 fully saturated rings. The van der Waals surface area contributed by atoms with Gasteiger partial charge in [-0.1, -0.05) is 6.92 Å². The molecule has 4 nitrogen and oxygen atoms in total. The molecule has 0 saturated carbocycles. The number of nitrogens with zero attached hydrogens (tertiary/aromatic N) is 2. The summed E-state index contributed by atoms with van der Waals surface area (Å²) in [5, 5.41) is 4.06. The maximum Gasteiger partial charge on any atom is 0.162 e. The number of furan rings is 1. The highest BCUT2D eigenvalue weighted by atomic mass is 16.3. The molecule has 0 bridgehead atoms. The third kappa shape index (κ3) is 1.78. The van der Waals surface area contributed by atoms with Gasteiger partial charge in [0.15, 0.2) is 12.0 Å². The SMILES string of the molecule is CCCc1cc(C=O)c(-c2ccnn2C)o1. The maximum absolute atomic E-state index is 11.0. The average Bonchev–Trinajstić information content (AvgIpc) is 2.84. The van der Waals surface area contributed by atoms with Gasteiger partial charge in [-0.05, 0) is 18.6 Å². The third-order valence-electron chi connectivity index (χ3n) is 2.49. The zero-order valence-electron chi connectivity index (χ0n) is 9.43. The van der Waals surface area contributed by atoms with E-state index in [1.54, 1.807) is 16.9 Å². The topological polar surface area (TPSA) is 48.0 Å². The van der Waals surface area contributed by atoms with Crippen LogP contribution >= 0.6 is 0 Å². The van der Waals surface area contributed by atoms with E-state index in [9.17, 15) is 4.79 Å². The third-order valence-corrected chi connectivity index (χ3v) is 2.49. The highest BCUT2D eigenvalue weighted by Gasteiger charge is 2.14. The molecule has 2 heterocycles. The Morgan fingerprint density at radius 3 is 2.94 bits per heavy atom. The van der Waals surface area contributed by atoms with E-state index in [2.05, 4.69) is 12.0 Å². The summed E-state index contributed by atoms with van der Waals surface area (Å²) in [4.78, 5) is 11.0. The van der Waals surface area contributed by atoms with Crippen molar-refractivity contribution in [1.82, 2.24) is 9.78 Å². The molecule has 0 aliphatic carbocycles. The van der Waals surface area contributed by atoms with Crippen molar-refractivity contribution in [2.24, 2.45) is 7.05 Å². The Morgan fingerprint density at radius 1 is 1.56 bits per heavy atom. The van der Waals surface area contributed by atoms with Crippen LogP contribution in [-0.4, -0.2) is 16.1 Å². The van der Waals surface area contributed by atoms with Gasteiger partial charge in [-0.3, -0.25) is 9.48 Å². The summed E-state index contributed by atoms with van der Waals surface area (Å²) < 4.78 is 7.38. The maximum atomic E-state index is 11.0. The second-order valence-corrected chi connectivity index (χ2v) is 3.71. The molecule has 0 radical (unpaired) electrons. The predicted molar refractivity (Wildman–Crippen MR) is 60.3 cm³/mol. The van der Waals surface area contributed by atoms with E-state index >= 15 is 0 Å². The van der Waals surface area contributed by atoms with Crippen LogP contribution in [0.4, 0.5) is 0 Å². The van der Waals surface area contributed by atoms with Crippen LogP contribution in [0.1, 0.15) is 29.5 Å². The summed E-state index contributed by atoms with van der Waals surface area (Å²) in [6.07, 6.45) is 4.35. The molecular weight excluding hydrogens is 204 g/mol. The van der Waals surface area contributed by atoms with Crippen molar-refractivity contribution in [3.63, 3.8) is 0 Å². The number of rotatable bonds is 4. The highest BCUT2D eigenvalue weighted by Crippen LogP contribution is 2.26. The van der Waals surface area contributed by atoms with Crippen molar-refractivity contribution in [2.75, 3.05) is 0 Å². The van der Waals surface area contributed by atoms with Crippen molar-refractivity contribution in [1.29, 1.82) is 0 Å². The Balaban J connectivity index is 2.47. The number of aromatic nitrogens is 2. The molecule has 4 heteroatoms. The van der Waals surface area contributed by atoms with Crippen molar-refractivity contribution in [2.45, 2.75) is 19.8 Å². The van der Waals surface area contributed by atoms with E-state index in [1.807, 2.05) is 13.1 Å². The van der Waals surface area contributed by atoms with Crippen LogP contribution in [0, 0.1) is 0 Å². The van der Waals surface area contributed by atoms with Crippen LogP contribution in [0.25, 0.3) is 11.5 Å². The molecule has 2 aromatic rings. The lowest BCUT2D eigenvalue weighted by molar-refractivity contribution is 0.112. The van der Waals surface area contributed by atoms with Crippen LogP contribution < -0.4 is 0 Å². The summed E-state index contributed by atoms with van der Waals surface area (Å²) in [5.74, 6) is 1.46. The van der Waals surface area contributed by atoms with E-state index in [-0.39, 0.29) is 0 Å². The van der Waals surface area contributed by atoms with Crippen LogP contribution in [0.2, 0.25) is 0 Å². The lowest BCUT2D eigenvalue weighted by Crippen LogP contribution is -1.93. The largest absolute Gasteiger partial charge is 0.459 e. The van der Waals surface area contributed by atoms with E-state index in [1.165, 1.54) is 0 Å². The van der Waals surface area contributed by atoms with Gasteiger partial charge in [0.25, 0.3) is 0 Å². The molecule has 0 saturated heterocycles. The van der Waals surface area contributed by atoms with E-state index in [4.69, 9.17) is 4.42 Å². The lowest BCUT2D eigenvalue weighted by Gasteiger charge is -1.98. The fourth-order valence-electron chi connectivity index (χ4n) is 1.71. The van der Waals surface area contributed by atoms with Crippen molar-refractivity contribution in [3.8, 4) is 11.5 Å². The first-order chi connectivity index (χ1) is 7.76. The number of carbonyl (C=O) groups is 1. The van der Waals surface area contributed by atoms with Gasteiger partial charge in [0.2, 0.25) is 0 Å². The van der Waals surface area contributed by atoms with Crippen LogP contribution in [0.5, 0.6) is 0 Å². The fourth-order valence-corrected chi connectivity index (χ4v) is 1.71. The average molecular weight is 218 g/mol. The summed E-state index contributed by atoms with van der Waals surface area (Å²) in [6, 6.07) is 3.64. The predicted octanol–water partition coefficient (Wildman–Crippen LogP) is 2.45.